The minimum atomic E-state index is -0.458. The number of nitrogens with zero attached hydrogens (tertiary/aromatic N) is 4. The fourth-order valence-corrected chi connectivity index (χ4v) is 3.35. The number of amides is 2. The zero-order chi connectivity index (χ0) is 22.3. The molecule has 0 saturated heterocycles. The molecule has 0 aliphatic carbocycles. The lowest BCUT2D eigenvalue weighted by Gasteiger charge is -2.11. The highest BCUT2D eigenvalue weighted by Crippen LogP contribution is 2.23. The van der Waals surface area contributed by atoms with Gasteiger partial charge in [-0.05, 0) is 48.9 Å². The van der Waals surface area contributed by atoms with E-state index < -0.39 is 5.97 Å². The molecular formula is C23H22N6O3. The predicted molar refractivity (Wildman–Crippen MR) is 120 cm³/mol. The molecule has 162 valence electrons. The van der Waals surface area contributed by atoms with Gasteiger partial charge < -0.3 is 19.9 Å². The number of hydrogen-bond donors (Lipinski definition) is 2. The van der Waals surface area contributed by atoms with Crippen molar-refractivity contribution in [2.45, 2.75) is 13.0 Å². The molecule has 9 heteroatoms. The van der Waals surface area contributed by atoms with Crippen molar-refractivity contribution in [3.63, 3.8) is 0 Å². The van der Waals surface area contributed by atoms with Gasteiger partial charge in [-0.15, -0.1) is 0 Å². The summed E-state index contributed by atoms with van der Waals surface area (Å²) in [6.45, 7) is 1.08. The fraction of sp³-hybridized carbons (Fsp3) is 0.174. The monoisotopic (exact) mass is 430 g/mol. The summed E-state index contributed by atoms with van der Waals surface area (Å²) < 4.78 is 6.75. The maximum Gasteiger partial charge on any atom is 0.337 e. The number of nitrogens with one attached hydrogen (secondary N) is 2. The lowest BCUT2D eigenvalue weighted by molar-refractivity contribution is 0.0600. The molecule has 0 fully saturated rings. The van der Waals surface area contributed by atoms with Crippen molar-refractivity contribution in [3.05, 3.63) is 72.7 Å². The largest absolute Gasteiger partial charge is 0.465 e. The summed E-state index contributed by atoms with van der Waals surface area (Å²) in [5, 5.41) is 5.56. The highest BCUT2D eigenvalue weighted by Gasteiger charge is 2.13. The highest BCUT2D eigenvalue weighted by molar-refractivity contribution is 5.93. The number of carbonyl (C=O) groups is 2. The Balaban J connectivity index is 1.38. The molecule has 0 saturated carbocycles. The Bertz CT molecular complexity index is 1240. The lowest BCUT2D eigenvalue weighted by atomic mass is 10.2. The van der Waals surface area contributed by atoms with Gasteiger partial charge in [0.25, 0.3) is 0 Å². The van der Waals surface area contributed by atoms with E-state index >= 15 is 0 Å². The molecule has 0 aliphatic rings. The Labute approximate surface area is 184 Å². The minimum Gasteiger partial charge on any atom is -0.465 e. The summed E-state index contributed by atoms with van der Waals surface area (Å²) in [6, 6.07) is 13.8. The maximum atomic E-state index is 12.2. The maximum absolute atomic E-state index is 12.2. The first-order valence-electron chi connectivity index (χ1n) is 10.1. The average molecular weight is 430 g/mol. The summed E-state index contributed by atoms with van der Waals surface area (Å²) in [5.74, 6) is 0.352. The summed E-state index contributed by atoms with van der Waals surface area (Å²) >= 11 is 0. The quantitative estimate of drug-likeness (QED) is 0.343. The second-order valence-corrected chi connectivity index (χ2v) is 6.98. The molecule has 0 spiro atoms. The fourth-order valence-electron chi connectivity index (χ4n) is 3.35. The smallest absolute Gasteiger partial charge is 0.337 e. The number of rotatable bonds is 7. The summed E-state index contributed by atoms with van der Waals surface area (Å²) in [6.07, 6.45) is 5.88. The van der Waals surface area contributed by atoms with Crippen LogP contribution in [0.5, 0.6) is 0 Å². The molecule has 9 nitrogen and oxygen atoms in total. The van der Waals surface area contributed by atoms with Crippen LogP contribution in [0.25, 0.3) is 22.6 Å². The van der Waals surface area contributed by atoms with Gasteiger partial charge in [0.2, 0.25) is 0 Å². The van der Waals surface area contributed by atoms with Crippen molar-refractivity contribution in [1.82, 2.24) is 24.8 Å². The summed E-state index contributed by atoms with van der Waals surface area (Å²) in [4.78, 5) is 37.1. The van der Waals surface area contributed by atoms with Crippen LogP contribution in [0, 0.1) is 0 Å². The summed E-state index contributed by atoms with van der Waals surface area (Å²) in [5.41, 5.74) is 3.44. The second kappa shape index (κ2) is 9.69. The second-order valence-electron chi connectivity index (χ2n) is 6.98. The van der Waals surface area contributed by atoms with Crippen LogP contribution in [0.15, 0.2) is 67.1 Å². The van der Waals surface area contributed by atoms with Gasteiger partial charge in [0.1, 0.15) is 11.3 Å². The van der Waals surface area contributed by atoms with Crippen molar-refractivity contribution < 1.29 is 14.3 Å². The number of urea groups is 1. The number of benzene rings is 1. The van der Waals surface area contributed by atoms with E-state index in [1.165, 1.54) is 7.11 Å². The predicted octanol–water partition coefficient (Wildman–Crippen LogP) is 3.49. The molecular weight excluding hydrogens is 408 g/mol. The van der Waals surface area contributed by atoms with Gasteiger partial charge in [0.15, 0.2) is 5.65 Å². The third kappa shape index (κ3) is 4.72. The molecule has 2 N–H and O–H groups in total. The number of hydrogen-bond acceptors (Lipinski definition) is 6. The third-order valence-corrected chi connectivity index (χ3v) is 4.83. The Morgan fingerprint density at radius 2 is 1.91 bits per heavy atom. The van der Waals surface area contributed by atoms with Crippen molar-refractivity contribution in [1.29, 1.82) is 0 Å². The van der Waals surface area contributed by atoms with Crippen LogP contribution in [0.2, 0.25) is 0 Å². The Hall–Kier alpha value is -4.27. The number of pyridine rings is 2. The van der Waals surface area contributed by atoms with Crippen LogP contribution >= 0.6 is 0 Å². The number of methoxy groups -OCH3 is 1. The highest BCUT2D eigenvalue weighted by atomic mass is 16.5. The molecule has 4 aromatic rings. The number of carbonyl (C=O) groups excluding carboxylic acids is 2. The van der Waals surface area contributed by atoms with E-state index in [-0.39, 0.29) is 6.03 Å². The standard InChI is InChI=1S/C23H22N6O3/c1-32-22(30)17-5-2-6-18(15-17)27-23(31)26-11-4-14-29-20(16-8-12-24-13-9-16)28-19-7-3-10-25-21(19)29/h2-3,5-10,12-13,15H,4,11,14H2,1H3,(H2,26,27,31). The Kier molecular flexibility index (Phi) is 6.35. The van der Waals surface area contributed by atoms with Gasteiger partial charge in [-0.1, -0.05) is 6.07 Å². The first kappa shape index (κ1) is 21.0. The zero-order valence-electron chi connectivity index (χ0n) is 17.5. The molecule has 0 aliphatic heterocycles. The average Bonchev–Trinajstić information content (AvgIpc) is 3.20. The number of anilines is 1. The van der Waals surface area contributed by atoms with Crippen molar-refractivity contribution in [2.75, 3.05) is 19.0 Å². The van der Waals surface area contributed by atoms with E-state index in [1.54, 1.807) is 42.9 Å². The molecule has 2 amide bonds. The molecule has 0 radical (unpaired) electrons. The van der Waals surface area contributed by atoms with E-state index in [9.17, 15) is 9.59 Å². The number of esters is 1. The van der Waals surface area contributed by atoms with E-state index in [0.717, 1.165) is 22.6 Å². The van der Waals surface area contributed by atoms with Crippen molar-refractivity contribution in [3.8, 4) is 11.4 Å². The van der Waals surface area contributed by atoms with Gasteiger partial charge in [-0.2, -0.15) is 0 Å². The molecule has 0 bridgehead atoms. The van der Waals surface area contributed by atoms with Gasteiger partial charge in [-0.3, -0.25) is 4.98 Å². The topological polar surface area (TPSA) is 111 Å². The SMILES string of the molecule is COC(=O)c1cccc(NC(=O)NCCCn2c(-c3ccncc3)nc3cccnc32)c1. The molecule has 32 heavy (non-hydrogen) atoms. The van der Waals surface area contributed by atoms with Crippen LogP contribution in [0.4, 0.5) is 10.5 Å². The molecule has 0 unspecified atom stereocenters. The molecule has 3 heterocycles. The minimum absolute atomic E-state index is 0.352. The number of aromatic nitrogens is 4. The van der Waals surface area contributed by atoms with Crippen LogP contribution < -0.4 is 10.6 Å². The van der Waals surface area contributed by atoms with E-state index in [2.05, 4.69) is 20.6 Å². The van der Waals surface area contributed by atoms with E-state index in [1.807, 2.05) is 28.8 Å². The number of imidazole rings is 1. The molecule has 4 rings (SSSR count). The third-order valence-electron chi connectivity index (χ3n) is 4.83. The normalized spacial score (nSPS) is 10.7. The van der Waals surface area contributed by atoms with E-state index in [4.69, 9.17) is 9.72 Å². The van der Waals surface area contributed by atoms with Crippen LogP contribution in [0.3, 0.4) is 0 Å². The van der Waals surface area contributed by atoms with E-state index in [0.29, 0.717) is 30.8 Å². The Morgan fingerprint density at radius 1 is 1.06 bits per heavy atom. The van der Waals surface area contributed by atoms with Gasteiger partial charge in [0, 0.05) is 42.9 Å². The Morgan fingerprint density at radius 3 is 2.72 bits per heavy atom. The van der Waals surface area contributed by atoms with Crippen molar-refractivity contribution >= 4 is 28.9 Å². The van der Waals surface area contributed by atoms with Crippen LogP contribution in [-0.2, 0) is 11.3 Å². The van der Waals surface area contributed by atoms with Crippen LogP contribution in [0.1, 0.15) is 16.8 Å². The number of fused-ring (bicyclic) bond motifs is 1. The molecule has 3 aromatic heterocycles. The molecule has 0 atom stereocenters. The zero-order valence-corrected chi connectivity index (χ0v) is 17.5. The first-order valence-corrected chi connectivity index (χ1v) is 10.1. The van der Waals surface area contributed by atoms with Gasteiger partial charge >= 0.3 is 12.0 Å². The number of aryl methyl sites for hydroxylation is 1. The molecule has 1 aromatic carbocycles. The van der Waals surface area contributed by atoms with Crippen LogP contribution in [-0.4, -0.2) is 45.2 Å². The van der Waals surface area contributed by atoms with Gasteiger partial charge in [-0.25, -0.2) is 19.6 Å². The van der Waals surface area contributed by atoms with Gasteiger partial charge in [0.05, 0.1) is 12.7 Å². The lowest BCUT2D eigenvalue weighted by Crippen LogP contribution is -2.30. The first-order chi connectivity index (χ1) is 15.7. The number of ether oxygens (including phenoxy) is 1. The summed E-state index contributed by atoms with van der Waals surface area (Å²) in [7, 11) is 1.31. The van der Waals surface area contributed by atoms with Crippen molar-refractivity contribution in [2.24, 2.45) is 0 Å².